The van der Waals surface area contributed by atoms with E-state index in [2.05, 4.69) is 4.74 Å². The van der Waals surface area contributed by atoms with Crippen LogP contribution in [0.15, 0.2) is 0 Å². The highest BCUT2D eigenvalue weighted by atomic mass is 31.2. The number of carbonyl (C=O) groups excluding carboxylic acids is 1. The van der Waals surface area contributed by atoms with E-state index in [1.165, 1.54) is 6.92 Å². The van der Waals surface area contributed by atoms with Gasteiger partial charge in [-0.05, 0) is 6.92 Å². The standard InChI is InChI=1S/C5H13N2O4P/c1-3-11-5(8)6-7-12(9,10)4-2/h3-4H2,1-2H3,(H,6,8)(H2,7,9,10). The van der Waals surface area contributed by atoms with Gasteiger partial charge >= 0.3 is 6.09 Å². The van der Waals surface area contributed by atoms with Gasteiger partial charge in [-0.2, -0.15) is 5.20 Å². The first-order valence-corrected chi connectivity index (χ1v) is 5.38. The van der Waals surface area contributed by atoms with E-state index >= 15 is 0 Å². The molecule has 0 aliphatic heterocycles. The van der Waals surface area contributed by atoms with E-state index in [1.54, 1.807) is 6.92 Å². The quantitative estimate of drug-likeness (QED) is 0.448. The molecule has 0 saturated carbocycles. The first kappa shape index (κ1) is 11.4. The minimum absolute atomic E-state index is 0.0411. The summed E-state index contributed by atoms with van der Waals surface area (Å²) in [6.45, 7) is 3.38. The molecule has 6 nitrogen and oxygen atoms in total. The fraction of sp³-hybridized carbons (Fsp3) is 0.800. The third kappa shape index (κ3) is 5.12. The molecule has 1 unspecified atom stereocenters. The van der Waals surface area contributed by atoms with Crippen molar-refractivity contribution in [2.45, 2.75) is 13.8 Å². The van der Waals surface area contributed by atoms with E-state index in [1.807, 2.05) is 10.6 Å². The summed E-state index contributed by atoms with van der Waals surface area (Å²) in [6.07, 6.45) is -0.723. The Morgan fingerprint density at radius 1 is 1.58 bits per heavy atom. The summed E-state index contributed by atoms with van der Waals surface area (Å²) in [6, 6.07) is 0. The number of hydrogen-bond acceptors (Lipinski definition) is 3. The summed E-state index contributed by atoms with van der Waals surface area (Å²) in [4.78, 5) is 19.5. The first-order valence-electron chi connectivity index (χ1n) is 3.53. The predicted octanol–water partition coefficient (Wildman–Crippen LogP) is 0.442. The van der Waals surface area contributed by atoms with Gasteiger partial charge in [-0.3, -0.25) is 4.57 Å². The zero-order valence-corrected chi connectivity index (χ0v) is 7.93. The second-order valence-electron chi connectivity index (χ2n) is 1.98. The Balaban J connectivity index is 3.68. The minimum atomic E-state index is -3.41. The monoisotopic (exact) mass is 196 g/mol. The SMILES string of the molecule is CCOC(=O)NNP(=O)(O)CC. The summed E-state index contributed by atoms with van der Waals surface area (Å²) in [5.41, 5.74) is 1.95. The van der Waals surface area contributed by atoms with Gasteiger partial charge in [0.1, 0.15) is 0 Å². The van der Waals surface area contributed by atoms with Gasteiger partial charge < -0.3 is 9.63 Å². The molecule has 0 aliphatic carbocycles. The molecule has 3 N–H and O–H groups in total. The zero-order valence-electron chi connectivity index (χ0n) is 7.03. The Bertz CT molecular complexity index is 196. The van der Waals surface area contributed by atoms with Crippen molar-refractivity contribution in [3.8, 4) is 0 Å². The van der Waals surface area contributed by atoms with Crippen LogP contribution in [0.25, 0.3) is 0 Å². The third-order valence-electron chi connectivity index (χ3n) is 1.04. The molecule has 0 fully saturated rings. The number of hydrazine groups is 1. The van der Waals surface area contributed by atoms with Gasteiger partial charge in [0.25, 0.3) is 7.52 Å². The van der Waals surface area contributed by atoms with Crippen LogP contribution in [0.5, 0.6) is 0 Å². The van der Waals surface area contributed by atoms with Crippen LogP contribution in [0, 0.1) is 0 Å². The summed E-state index contributed by atoms with van der Waals surface area (Å²) in [5.74, 6) is 0. The molecule has 0 aromatic rings. The summed E-state index contributed by atoms with van der Waals surface area (Å²) >= 11 is 0. The third-order valence-corrected chi connectivity index (χ3v) is 2.36. The van der Waals surface area contributed by atoms with E-state index in [4.69, 9.17) is 4.89 Å². The summed E-state index contributed by atoms with van der Waals surface area (Å²) in [7, 11) is -3.41. The normalized spacial score (nSPS) is 14.9. The molecule has 0 spiro atoms. The molecule has 12 heavy (non-hydrogen) atoms. The molecular weight excluding hydrogens is 183 g/mol. The van der Waals surface area contributed by atoms with Gasteiger partial charge in [-0.25, -0.2) is 10.2 Å². The van der Waals surface area contributed by atoms with Crippen molar-refractivity contribution in [3.63, 3.8) is 0 Å². The Morgan fingerprint density at radius 3 is 2.58 bits per heavy atom. The highest BCUT2D eigenvalue weighted by Crippen LogP contribution is 2.32. The van der Waals surface area contributed by atoms with Gasteiger partial charge in [-0.15, -0.1) is 0 Å². The highest BCUT2D eigenvalue weighted by molar-refractivity contribution is 7.55. The topological polar surface area (TPSA) is 87.7 Å². The lowest BCUT2D eigenvalue weighted by Crippen LogP contribution is -2.35. The van der Waals surface area contributed by atoms with Crippen molar-refractivity contribution in [2.75, 3.05) is 12.8 Å². The van der Waals surface area contributed by atoms with Crippen LogP contribution in [-0.2, 0) is 9.30 Å². The van der Waals surface area contributed by atoms with E-state index in [0.717, 1.165) is 0 Å². The van der Waals surface area contributed by atoms with Gasteiger partial charge in [0, 0.05) is 6.16 Å². The molecule has 0 bridgehead atoms. The van der Waals surface area contributed by atoms with Gasteiger partial charge in [0.05, 0.1) is 6.61 Å². The molecule has 1 amide bonds. The predicted molar refractivity (Wildman–Crippen MR) is 43.7 cm³/mol. The van der Waals surface area contributed by atoms with Crippen LogP contribution in [0.3, 0.4) is 0 Å². The highest BCUT2D eigenvalue weighted by Gasteiger charge is 2.14. The van der Waals surface area contributed by atoms with Crippen LogP contribution in [-0.4, -0.2) is 23.8 Å². The number of nitrogens with one attached hydrogen (secondary N) is 2. The zero-order chi connectivity index (χ0) is 9.61. The first-order chi connectivity index (χ1) is 5.52. The molecule has 0 saturated heterocycles. The van der Waals surface area contributed by atoms with Crippen LogP contribution >= 0.6 is 7.52 Å². The molecule has 0 rings (SSSR count). The lowest BCUT2D eigenvalue weighted by atomic mass is 10.9. The fourth-order valence-electron chi connectivity index (χ4n) is 0.379. The van der Waals surface area contributed by atoms with Crippen molar-refractivity contribution in [1.29, 1.82) is 0 Å². The average molecular weight is 196 g/mol. The van der Waals surface area contributed by atoms with Crippen molar-refractivity contribution >= 4 is 13.6 Å². The molecule has 0 aromatic carbocycles. The second-order valence-corrected chi connectivity index (χ2v) is 4.23. The number of hydrogen-bond donors (Lipinski definition) is 3. The number of carbonyl (C=O) groups is 1. The van der Waals surface area contributed by atoms with E-state index in [9.17, 15) is 9.36 Å². The molecule has 0 aliphatic rings. The lowest BCUT2D eigenvalue weighted by molar-refractivity contribution is 0.149. The Labute approximate surface area is 70.8 Å². The number of ether oxygens (including phenoxy) is 1. The molecule has 72 valence electrons. The van der Waals surface area contributed by atoms with E-state index in [-0.39, 0.29) is 12.8 Å². The van der Waals surface area contributed by atoms with E-state index in [0.29, 0.717) is 0 Å². The lowest BCUT2D eigenvalue weighted by Gasteiger charge is -2.11. The van der Waals surface area contributed by atoms with Gasteiger partial charge in [0.15, 0.2) is 0 Å². The molecule has 1 atom stereocenters. The molecular formula is C5H13N2O4P. The molecule has 7 heteroatoms. The van der Waals surface area contributed by atoms with Crippen molar-refractivity contribution < 1.29 is 19.0 Å². The molecule has 0 aromatic heterocycles. The summed E-state index contributed by atoms with van der Waals surface area (Å²) in [5, 5.41) is 1.98. The van der Waals surface area contributed by atoms with E-state index < -0.39 is 13.6 Å². The fourth-order valence-corrected chi connectivity index (χ4v) is 0.803. The maximum absolute atomic E-state index is 10.9. The smallest absolute Gasteiger partial charge is 0.421 e. The minimum Gasteiger partial charge on any atom is -0.449 e. The largest absolute Gasteiger partial charge is 0.449 e. The maximum atomic E-state index is 10.9. The van der Waals surface area contributed by atoms with Gasteiger partial charge in [-0.1, -0.05) is 6.92 Å². The Kier molecular flexibility index (Phi) is 4.89. The molecule has 0 radical (unpaired) electrons. The van der Waals surface area contributed by atoms with Crippen LogP contribution < -0.4 is 10.6 Å². The Hall–Kier alpha value is -0.580. The maximum Gasteiger partial charge on any atom is 0.421 e. The van der Waals surface area contributed by atoms with Crippen molar-refractivity contribution in [1.82, 2.24) is 10.6 Å². The number of rotatable bonds is 4. The number of amides is 1. The van der Waals surface area contributed by atoms with Crippen molar-refractivity contribution in [2.24, 2.45) is 0 Å². The van der Waals surface area contributed by atoms with Crippen molar-refractivity contribution in [3.05, 3.63) is 0 Å². The van der Waals surface area contributed by atoms with Crippen LogP contribution in [0.2, 0.25) is 0 Å². The van der Waals surface area contributed by atoms with Crippen LogP contribution in [0.4, 0.5) is 4.79 Å². The van der Waals surface area contributed by atoms with Gasteiger partial charge in [0.2, 0.25) is 0 Å². The second kappa shape index (κ2) is 5.13. The Morgan fingerprint density at radius 2 is 2.17 bits per heavy atom. The average Bonchev–Trinajstić information content (AvgIpc) is 2.02. The summed E-state index contributed by atoms with van der Waals surface area (Å²) < 4.78 is 15.3. The molecule has 0 heterocycles. The van der Waals surface area contributed by atoms with Crippen LogP contribution in [0.1, 0.15) is 13.8 Å².